The quantitative estimate of drug-likeness (QED) is 0.350. The van der Waals surface area contributed by atoms with E-state index >= 15 is 0 Å². The van der Waals surface area contributed by atoms with Gasteiger partial charge in [0.25, 0.3) is 0 Å². The van der Waals surface area contributed by atoms with Crippen LogP contribution in [0, 0.1) is 0 Å². The van der Waals surface area contributed by atoms with Crippen molar-refractivity contribution in [1.82, 2.24) is 5.48 Å². The second kappa shape index (κ2) is 7.98. The maximum absolute atomic E-state index is 5.20. The zero-order valence-corrected chi connectivity index (χ0v) is 7.72. The van der Waals surface area contributed by atoms with Crippen LogP contribution in [0.25, 0.3) is 0 Å². The van der Waals surface area contributed by atoms with E-state index < -0.39 is 0 Å². The lowest BCUT2D eigenvalue weighted by molar-refractivity contribution is -0.168. The van der Waals surface area contributed by atoms with Crippen LogP contribution in [0.5, 0.6) is 0 Å². The first kappa shape index (κ1) is 10.9. The van der Waals surface area contributed by atoms with Crippen LogP contribution in [0.2, 0.25) is 0 Å². The summed E-state index contributed by atoms with van der Waals surface area (Å²) >= 11 is 0. The van der Waals surface area contributed by atoms with Crippen molar-refractivity contribution < 1.29 is 9.57 Å². The van der Waals surface area contributed by atoms with Crippen molar-refractivity contribution >= 4 is 0 Å². The molecule has 0 aliphatic rings. The number of rotatable bonds is 7. The third-order valence-corrected chi connectivity index (χ3v) is 1.35. The summed E-state index contributed by atoms with van der Waals surface area (Å²) in [6, 6.07) is 0. The molecule has 0 saturated carbocycles. The fourth-order valence-electron chi connectivity index (χ4n) is 0.715. The molecule has 0 heterocycles. The summed E-state index contributed by atoms with van der Waals surface area (Å²) in [4.78, 5) is 5.20. The molecule has 0 saturated heterocycles. The topological polar surface area (TPSA) is 30.5 Å². The van der Waals surface area contributed by atoms with Gasteiger partial charge in [-0.05, 0) is 12.8 Å². The van der Waals surface area contributed by atoms with E-state index in [4.69, 9.17) is 9.57 Å². The van der Waals surface area contributed by atoms with E-state index in [1.54, 1.807) is 7.11 Å². The van der Waals surface area contributed by atoms with Gasteiger partial charge in [0.1, 0.15) is 0 Å². The van der Waals surface area contributed by atoms with Gasteiger partial charge < -0.3 is 4.74 Å². The van der Waals surface area contributed by atoms with Crippen LogP contribution in [-0.4, -0.2) is 19.9 Å². The van der Waals surface area contributed by atoms with Gasteiger partial charge in [0.15, 0.2) is 6.29 Å². The Morgan fingerprint density at radius 1 is 1.27 bits per heavy atom. The van der Waals surface area contributed by atoms with Crippen molar-refractivity contribution in [2.45, 2.75) is 39.4 Å². The van der Waals surface area contributed by atoms with Crippen LogP contribution < -0.4 is 5.48 Å². The van der Waals surface area contributed by atoms with Crippen LogP contribution in [0.15, 0.2) is 0 Å². The zero-order valence-electron chi connectivity index (χ0n) is 7.72. The fourth-order valence-corrected chi connectivity index (χ4v) is 0.715. The Morgan fingerprint density at radius 2 is 2.00 bits per heavy atom. The Morgan fingerprint density at radius 3 is 2.45 bits per heavy atom. The van der Waals surface area contributed by atoms with Crippen molar-refractivity contribution in [2.24, 2.45) is 0 Å². The fraction of sp³-hybridized carbons (Fsp3) is 1.00. The summed E-state index contributed by atoms with van der Waals surface area (Å²) in [6.45, 7) is 5.08. The number of hydrogen-bond donors (Lipinski definition) is 1. The number of hydrogen-bond acceptors (Lipinski definition) is 3. The Bertz CT molecular complexity index is 78.5. The van der Waals surface area contributed by atoms with Crippen molar-refractivity contribution in [2.75, 3.05) is 13.7 Å². The molecule has 0 bridgehead atoms. The highest BCUT2D eigenvalue weighted by Gasteiger charge is 2.04. The Labute approximate surface area is 69.0 Å². The molecule has 1 atom stereocenters. The predicted octanol–water partition coefficient (Wildman–Crippen LogP) is 1.69. The molecular weight excluding hydrogens is 142 g/mol. The summed E-state index contributed by atoms with van der Waals surface area (Å²) in [5, 5.41) is 0. The van der Waals surface area contributed by atoms with Crippen LogP contribution >= 0.6 is 0 Å². The molecule has 11 heavy (non-hydrogen) atoms. The molecule has 68 valence electrons. The van der Waals surface area contributed by atoms with Gasteiger partial charge in [-0.15, -0.1) is 0 Å². The highest BCUT2D eigenvalue weighted by atomic mass is 16.8. The maximum Gasteiger partial charge on any atom is 0.176 e. The van der Waals surface area contributed by atoms with Gasteiger partial charge in [0, 0.05) is 13.7 Å². The smallest absolute Gasteiger partial charge is 0.176 e. The van der Waals surface area contributed by atoms with E-state index in [0.29, 0.717) is 0 Å². The van der Waals surface area contributed by atoms with Crippen molar-refractivity contribution in [1.29, 1.82) is 0 Å². The molecule has 0 aromatic rings. The van der Waals surface area contributed by atoms with E-state index in [1.807, 2.05) is 0 Å². The normalized spacial score (nSPS) is 13.4. The minimum absolute atomic E-state index is 0.0912. The van der Waals surface area contributed by atoms with Crippen LogP contribution in [0.4, 0.5) is 0 Å². The third-order valence-electron chi connectivity index (χ3n) is 1.35. The van der Waals surface area contributed by atoms with Gasteiger partial charge in [-0.3, -0.25) is 4.84 Å². The van der Waals surface area contributed by atoms with Crippen molar-refractivity contribution in [3.8, 4) is 0 Å². The molecule has 1 N–H and O–H groups in total. The highest BCUT2D eigenvalue weighted by Crippen LogP contribution is 1.99. The van der Waals surface area contributed by atoms with Gasteiger partial charge in [-0.1, -0.05) is 20.3 Å². The molecule has 3 heteroatoms. The van der Waals surface area contributed by atoms with Gasteiger partial charge in [-0.2, -0.15) is 5.48 Å². The minimum atomic E-state index is -0.0912. The highest BCUT2D eigenvalue weighted by molar-refractivity contribution is 4.40. The Kier molecular flexibility index (Phi) is 7.89. The second-order valence-electron chi connectivity index (χ2n) is 2.47. The molecule has 0 rings (SSSR count). The summed E-state index contributed by atoms with van der Waals surface area (Å²) < 4.78 is 5.05. The Hall–Kier alpha value is -0.120. The lowest BCUT2D eigenvalue weighted by Gasteiger charge is -2.14. The molecular formula is C8H19NO2. The summed E-state index contributed by atoms with van der Waals surface area (Å²) in [7, 11) is 1.66. The van der Waals surface area contributed by atoms with E-state index in [0.717, 1.165) is 25.8 Å². The first-order valence-electron chi connectivity index (χ1n) is 4.26. The van der Waals surface area contributed by atoms with Crippen LogP contribution in [-0.2, 0) is 9.57 Å². The maximum atomic E-state index is 5.20. The first-order valence-corrected chi connectivity index (χ1v) is 4.26. The largest absolute Gasteiger partial charge is 0.354 e. The summed E-state index contributed by atoms with van der Waals surface area (Å²) in [6.07, 6.45) is 2.99. The average Bonchev–Trinajstić information content (AvgIpc) is 2.03. The van der Waals surface area contributed by atoms with E-state index in [9.17, 15) is 0 Å². The van der Waals surface area contributed by atoms with Gasteiger partial charge in [0.2, 0.25) is 0 Å². The standard InChI is InChI=1S/C8H19NO2/c1-4-6-8(10-3)11-9-7-5-2/h8-9H,4-7H2,1-3H3. The lowest BCUT2D eigenvalue weighted by Crippen LogP contribution is -2.25. The van der Waals surface area contributed by atoms with E-state index in [2.05, 4.69) is 19.3 Å². The molecule has 0 radical (unpaired) electrons. The molecule has 0 aromatic heterocycles. The van der Waals surface area contributed by atoms with E-state index in [-0.39, 0.29) is 6.29 Å². The van der Waals surface area contributed by atoms with Crippen molar-refractivity contribution in [3.63, 3.8) is 0 Å². The molecule has 3 nitrogen and oxygen atoms in total. The minimum Gasteiger partial charge on any atom is -0.354 e. The number of hydroxylamine groups is 1. The molecule has 1 unspecified atom stereocenters. The SMILES string of the molecule is CCCNOC(CCC)OC. The monoisotopic (exact) mass is 161 g/mol. The molecule has 0 fully saturated rings. The van der Waals surface area contributed by atoms with Gasteiger partial charge >= 0.3 is 0 Å². The zero-order chi connectivity index (χ0) is 8.53. The summed E-state index contributed by atoms with van der Waals surface area (Å²) in [5.41, 5.74) is 2.85. The molecule has 0 aliphatic carbocycles. The molecule has 0 aromatic carbocycles. The average molecular weight is 161 g/mol. The number of nitrogens with one attached hydrogen (secondary N) is 1. The number of methoxy groups -OCH3 is 1. The molecule has 0 aliphatic heterocycles. The lowest BCUT2D eigenvalue weighted by atomic mass is 10.3. The van der Waals surface area contributed by atoms with Gasteiger partial charge in [-0.25, -0.2) is 0 Å². The van der Waals surface area contributed by atoms with Crippen LogP contribution in [0.3, 0.4) is 0 Å². The van der Waals surface area contributed by atoms with Crippen LogP contribution in [0.1, 0.15) is 33.1 Å². The second-order valence-corrected chi connectivity index (χ2v) is 2.47. The molecule has 0 amide bonds. The summed E-state index contributed by atoms with van der Waals surface area (Å²) in [5.74, 6) is 0. The number of ether oxygens (including phenoxy) is 1. The van der Waals surface area contributed by atoms with Gasteiger partial charge in [0.05, 0.1) is 0 Å². The first-order chi connectivity index (χ1) is 5.35. The predicted molar refractivity (Wildman–Crippen MR) is 45.1 cm³/mol. The third kappa shape index (κ3) is 6.28. The van der Waals surface area contributed by atoms with E-state index in [1.165, 1.54) is 0 Å². The molecule has 0 spiro atoms. The Balaban J connectivity index is 3.20. The van der Waals surface area contributed by atoms with Crippen molar-refractivity contribution in [3.05, 3.63) is 0 Å².